The van der Waals surface area contributed by atoms with Gasteiger partial charge in [0.1, 0.15) is 0 Å². The van der Waals surface area contributed by atoms with E-state index in [1.165, 1.54) is 6.92 Å². The average Bonchev–Trinajstić information content (AvgIpc) is 2.03. The van der Waals surface area contributed by atoms with Gasteiger partial charge in [0.25, 0.3) is 0 Å². The zero-order valence-electron chi connectivity index (χ0n) is 8.65. The van der Waals surface area contributed by atoms with Crippen molar-refractivity contribution in [1.29, 1.82) is 0 Å². The Bertz CT molecular complexity index is 205. The molecular formula is C8H15F3N2O2. The highest BCUT2D eigenvalue weighted by molar-refractivity contribution is 5.81. The molecule has 0 aromatic heterocycles. The second-order valence-corrected chi connectivity index (χ2v) is 2.57. The van der Waals surface area contributed by atoms with E-state index in [-0.39, 0.29) is 12.5 Å². The Labute approximate surface area is 86.0 Å². The molecule has 0 heterocycles. The number of primary amides is 1. The van der Waals surface area contributed by atoms with Gasteiger partial charge in [-0.25, -0.2) is 0 Å². The first-order valence-corrected chi connectivity index (χ1v) is 4.39. The molecule has 0 aromatic carbocycles. The fraction of sp³-hybridized carbons (Fsp3) is 0.750. The van der Waals surface area contributed by atoms with Crippen LogP contribution in [0.1, 0.15) is 26.7 Å². The van der Waals surface area contributed by atoms with Gasteiger partial charge in [-0.1, -0.05) is 6.92 Å². The number of nitrogens with one attached hydrogen (secondary N) is 1. The summed E-state index contributed by atoms with van der Waals surface area (Å²) >= 11 is 0. The maximum absolute atomic E-state index is 11.2. The van der Waals surface area contributed by atoms with Crippen molar-refractivity contribution < 1.29 is 22.8 Å². The van der Waals surface area contributed by atoms with Crippen molar-refractivity contribution in [3.8, 4) is 0 Å². The summed E-state index contributed by atoms with van der Waals surface area (Å²) in [6.45, 7) is 3.34. The Morgan fingerprint density at radius 1 is 1.27 bits per heavy atom. The molecule has 0 atom stereocenters. The Morgan fingerprint density at radius 2 is 1.73 bits per heavy atom. The van der Waals surface area contributed by atoms with Crippen LogP contribution in [0.2, 0.25) is 0 Å². The van der Waals surface area contributed by atoms with E-state index in [1.807, 2.05) is 6.92 Å². The SMILES string of the molecule is CCCC(N)=O.CCNC(=O)C(F)(F)F. The number of hydrogen-bond acceptors (Lipinski definition) is 2. The Hall–Kier alpha value is -1.27. The Morgan fingerprint density at radius 3 is 1.80 bits per heavy atom. The van der Waals surface area contributed by atoms with Crippen molar-refractivity contribution >= 4 is 11.8 Å². The number of halogens is 3. The molecule has 0 radical (unpaired) electrons. The summed E-state index contributed by atoms with van der Waals surface area (Å²) in [5.74, 6) is -2.09. The van der Waals surface area contributed by atoms with Crippen molar-refractivity contribution in [2.75, 3.05) is 6.54 Å². The number of amides is 2. The number of carbonyl (C=O) groups is 2. The van der Waals surface area contributed by atoms with E-state index in [4.69, 9.17) is 5.73 Å². The normalized spacial score (nSPS) is 9.93. The molecule has 0 fully saturated rings. The van der Waals surface area contributed by atoms with Crippen LogP contribution in [0.25, 0.3) is 0 Å². The Kier molecular flexibility index (Phi) is 8.70. The third kappa shape index (κ3) is 12.7. The predicted octanol–water partition coefficient (Wildman–Crippen LogP) is 0.957. The summed E-state index contributed by atoms with van der Waals surface area (Å²) in [6, 6.07) is 0. The second kappa shape index (κ2) is 8.07. The molecule has 0 unspecified atom stereocenters. The van der Waals surface area contributed by atoms with Gasteiger partial charge in [-0.05, 0) is 13.3 Å². The van der Waals surface area contributed by atoms with Gasteiger partial charge in [-0.2, -0.15) is 13.2 Å². The fourth-order valence-electron chi connectivity index (χ4n) is 0.507. The van der Waals surface area contributed by atoms with Crippen LogP contribution in [0.3, 0.4) is 0 Å². The van der Waals surface area contributed by atoms with Crippen LogP contribution < -0.4 is 11.1 Å². The molecule has 0 saturated carbocycles. The van der Waals surface area contributed by atoms with Crippen LogP contribution in [0.4, 0.5) is 13.2 Å². The van der Waals surface area contributed by atoms with Crippen molar-refractivity contribution in [3.05, 3.63) is 0 Å². The van der Waals surface area contributed by atoms with Crippen LogP contribution in [-0.2, 0) is 9.59 Å². The summed E-state index contributed by atoms with van der Waals surface area (Å²) in [6.07, 6.45) is -3.37. The van der Waals surface area contributed by atoms with Gasteiger partial charge in [0.05, 0.1) is 0 Å². The highest BCUT2D eigenvalue weighted by Gasteiger charge is 2.37. The van der Waals surface area contributed by atoms with Crippen LogP contribution in [0.15, 0.2) is 0 Å². The molecule has 2 amide bonds. The van der Waals surface area contributed by atoms with E-state index in [0.717, 1.165) is 6.42 Å². The minimum atomic E-state index is -4.74. The van der Waals surface area contributed by atoms with Gasteiger partial charge in [-0.15, -0.1) is 0 Å². The monoisotopic (exact) mass is 228 g/mol. The van der Waals surface area contributed by atoms with Crippen molar-refractivity contribution in [3.63, 3.8) is 0 Å². The number of nitrogens with two attached hydrogens (primary N) is 1. The average molecular weight is 228 g/mol. The third-order valence-corrected chi connectivity index (χ3v) is 1.09. The van der Waals surface area contributed by atoms with Gasteiger partial charge < -0.3 is 11.1 Å². The smallest absolute Gasteiger partial charge is 0.370 e. The first-order valence-electron chi connectivity index (χ1n) is 4.39. The standard InChI is InChI=1S/C4H6F3NO.C4H9NO/c1-2-8-3(9)4(5,6)7;1-2-3-4(5)6/h2H2,1H3,(H,8,9);2-3H2,1H3,(H2,5,6). The molecule has 0 aliphatic carbocycles. The van der Waals surface area contributed by atoms with Gasteiger partial charge >= 0.3 is 12.1 Å². The largest absolute Gasteiger partial charge is 0.471 e. The van der Waals surface area contributed by atoms with Crippen LogP contribution in [-0.4, -0.2) is 24.5 Å². The quantitative estimate of drug-likeness (QED) is 0.755. The molecule has 15 heavy (non-hydrogen) atoms. The molecule has 0 bridgehead atoms. The van der Waals surface area contributed by atoms with E-state index in [9.17, 15) is 22.8 Å². The van der Waals surface area contributed by atoms with Crippen molar-refractivity contribution in [2.45, 2.75) is 32.9 Å². The summed E-state index contributed by atoms with van der Waals surface area (Å²) in [4.78, 5) is 19.6. The van der Waals surface area contributed by atoms with E-state index in [2.05, 4.69) is 0 Å². The zero-order chi connectivity index (χ0) is 12.5. The summed E-state index contributed by atoms with van der Waals surface area (Å²) < 4.78 is 33.7. The third-order valence-electron chi connectivity index (χ3n) is 1.09. The molecule has 0 aliphatic rings. The molecule has 7 heteroatoms. The molecule has 0 aromatic rings. The lowest BCUT2D eigenvalue weighted by Gasteiger charge is -2.03. The van der Waals surface area contributed by atoms with Gasteiger partial charge in [0, 0.05) is 13.0 Å². The van der Waals surface area contributed by atoms with Crippen LogP contribution in [0.5, 0.6) is 0 Å². The van der Waals surface area contributed by atoms with Crippen molar-refractivity contribution in [1.82, 2.24) is 5.32 Å². The lowest BCUT2D eigenvalue weighted by atomic mass is 10.3. The van der Waals surface area contributed by atoms with Gasteiger partial charge in [0.15, 0.2) is 0 Å². The minimum Gasteiger partial charge on any atom is -0.370 e. The van der Waals surface area contributed by atoms with E-state index in [1.54, 1.807) is 5.32 Å². The number of carbonyl (C=O) groups excluding carboxylic acids is 2. The number of rotatable bonds is 3. The van der Waals surface area contributed by atoms with Crippen molar-refractivity contribution in [2.24, 2.45) is 5.73 Å². The van der Waals surface area contributed by atoms with E-state index >= 15 is 0 Å². The maximum Gasteiger partial charge on any atom is 0.471 e. The molecule has 90 valence electrons. The second-order valence-electron chi connectivity index (χ2n) is 2.57. The first-order chi connectivity index (χ1) is 6.75. The van der Waals surface area contributed by atoms with Crippen LogP contribution >= 0.6 is 0 Å². The molecule has 0 rings (SSSR count). The highest BCUT2D eigenvalue weighted by Crippen LogP contribution is 2.13. The summed E-state index contributed by atoms with van der Waals surface area (Å²) in [7, 11) is 0. The van der Waals surface area contributed by atoms with E-state index in [0.29, 0.717) is 6.42 Å². The van der Waals surface area contributed by atoms with E-state index < -0.39 is 12.1 Å². The Balaban J connectivity index is 0. The number of hydrogen-bond donors (Lipinski definition) is 2. The number of alkyl halides is 3. The molecule has 3 N–H and O–H groups in total. The summed E-state index contributed by atoms with van der Waals surface area (Å²) in [5, 5.41) is 1.62. The molecule has 0 spiro atoms. The molecule has 0 aliphatic heterocycles. The topological polar surface area (TPSA) is 72.2 Å². The first kappa shape index (κ1) is 16.2. The van der Waals surface area contributed by atoms with Gasteiger partial charge in [-0.3, -0.25) is 9.59 Å². The lowest BCUT2D eigenvalue weighted by Crippen LogP contribution is -2.36. The molecule has 0 saturated heterocycles. The maximum atomic E-state index is 11.2. The molecular weight excluding hydrogens is 213 g/mol. The molecule has 4 nitrogen and oxygen atoms in total. The highest BCUT2D eigenvalue weighted by atomic mass is 19.4. The predicted molar refractivity (Wildman–Crippen MR) is 48.8 cm³/mol. The minimum absolute atomic E-state index is 0.00164. The lowest BCUT2D eigenvalue weighted by molar-refractivity contribution is -0.173. The van der Waals surface area contributed by atoms with Crippen LogP contribution in [0, 0.1) is 0 Å². The zero-order valence-corrected chi connectivity index (χ0v) is 8.65. The van der Waals surface area contributed by atoms with Gasteiger partial charge in [0.2, 0.25) is 5.91 Å². The summed E-state index contributed by atoms with van der Waals surface area (Å²) in [5.41, 5.74) is 4.76. The fourth-order valence-corrected chi connectivity index (χ4v) is 0.507.